The molecule has 0 fully saturated rings. The molecule has 1 unspecified atom stereocenters. The number of carbonyl (C=O) groups is 2. The lowest BCUT2D eigenvalue weighted by Gasteiger charge is -2.18. The molecule has 106 valence electrons. The first-order valence-electron chi connectivity index (χ1n) is 6.26. The Balaban J connectivity index is 2.53. The molecule has 6 nitrogen and oxygen atoms in total. The van der Waals surface area contributed by atoms with Gasteiger partial charge in [0.25, 0.3) is 5.91 Å². The summed E-state index contributed by atoms with van der Waals surface area (Å²) in [5.41, 5.74) is 5.99. The van der Waals surface area contributed by atoms with Crippen LogP contribution in [0.15, 0.2) is 5.38 Å². The van der Waals surface area contributed by atoms with Gasteiger partial charge in [0.15, 0.2) is 0 Å². The molecule has 0 aliphatic carbocycles. The summed E-state index contributed by atoms with van der Waals surface area (Å²) in [5.74, 6) is -0.440. The number of nitrogens with one attached hydrogen (secondary N) is 1. The first kappa shape index (κ1) is 15.6. The molecule has 1 heterocycles. The van der Waals surface area contributed by atoms with E-state index < -0.39 is 0 Å². The van der Waals surface area contributed by atoms with Crippen LogP contribution in [0.25, 0.3) is 0 Å². The molecule has 0 saturated heterocycles. The molecule has 1 aromatic rings. The number of aromatic nitrogens is 1. The van der Waals surface area contributed by atoms with Gasteiger partial charge >= 0.3 is 0 Å². The van der Waals surface area contributed by atoms with Gasteiger partial charge in [-0.1, -0.05) is 0 Å². The van der Waals surface area contributed by atoms with E-state index in [1.54, 1.807) is 10.3 Å². The van der Waals surface area contributed by atoms with Gasteiger partial charge in [0, 0.05) is 18.5 Å². The molecule has 0 radical (unpaired) electrons. The van der Waals surface area contributed by atoms with Crippen molar-refractivity contribution in [2.24, 2.45) is 5.73 Å². The lowest BCUT2D eigenvalue weighted by molar-refractivity contribution is -0.129. The van der Waals surface area contributed by atoms with Gasteiger partial charge in [-0.3, -0.25) is 9.59 Å². The number of hydrogen-bond donors (Lipinski definition) is 2. The van der Waals surface area contributed by atoms with Crippen molar-refractivity contribution in [3.05, 3.63) is 16.1 Å². The average molecular weight is 284 g/mol. The monoisotopic (exact) mass is 284 g/mol. The van der Waals surface area contributed by atoms with E-state index in [4.69, 9.17) is 5.73 Å². The van der Waals surface area contributed by atoms with Crippen LogP contribution in [-0.4, -0.2) is 41.3 Å². The number of thiazole rings is 1. The molecule has 1 aromatic heterocycles. The predicted octanol–water partition coefficient (Wildman–Crippen LogP) is 0.761. The first-order valence-corrected chi connectivity index (χ1v) is 7.14. The highest BCUT2D eigenvalue weighted by Crippen LogP contribution is 2.15. The van der Waals surface area contributed by atoms with Gasteiger partial charge in [0.1, 0.15) is 10.7 Å². The normalized spacial score (nSPS) is 12.0. The Bertz CT molecular complexity index is 441. The van der Waals surface area contributed by atoms with E-state index in [0.717, 1.165) is 0 Å². The van der Waals surface area contributed by atoms with Crippen LogP contribution in [0.2, 0.25) is 0 Å². The summed E-state index contributed by atoms with van der Waals surface area (Å²) in [6.45, 7) is 6.88. The Morgan fingerprint density at radius 3 is 2.58 bits per heavy atom. The molecule has 1 rings (SSSR count). The van der Waals surface area contributed by atoms with E-state index in [0.29, 0.717) is 23.8 Å². The zero-order valence-corrected chi connectivity index (χ0v) is 12.3. The van der Waals surface area contributed by atoms with Crippen molar-refractivity contribution in [3.8, 4) is 0 Å². The van der Waals surface area contributed by atoms with Crippen molar-refractivity contribution in [1.29, 1.82) is 0 Å². The number of hydrogen-bond acceptors (Lipinski definition) is 5. The molecule has 7 heteroatoms. The van der Waals surface area contributed by atoms with Gasteiger partial charge in [-0.25, -0.2) is 4.98 Å². The lowest BCUT2D eigenvalue weighted by atomic mass is 10.4. The van der Waals surface area contributed by atoms with Crippen LogP contribution in [0.3, 0.4) is 0 Å². The van der Waals surface area contributed by atoms with Gasteiger partial charge in [-0.05, 0) is 20.8 Å². The number of rotatable bonds is 6. The number of amides is 2. The van der Waals surface area contributed by atoms with E-state index in [9.17, 15) is 9.59 Å². The quantitative estimate of drug-likeness (QED) is 0.807. The number of nitrogens with two attached hydrogens (primary N) is 1. The molecule has 0 bridgehead atoms. The summed E-state index contributed by atoms with van der Waals surface area (Å²) in [6, 6.07) is -0.191. The zero-order valence-electron chi connectivity index (χ0n) is 11.5. The minimum absolute atomic E-state index is 0.00838. The molecule has 0 saturated carbocycles. The standard InChI is InChI=1S/C12H20N4O2S/c1-4-16(5-2)10(17)6-14-11(18)9-7-19-12(15-9)8(3)13/h7-8H,4-6,13H2,1-3H3,(H,14,18). The maximum absolute atomic E-state index is 11.8. The fourth-order valence-corrected chi connectivity index (χ4v) is 2.29. The molecule has 0 aliphatic rings. The fraction of sp³-hybridized carbons (Fsp3) is 0.583. The number of carbonyl (C=O) groups excluding carboxylic acids is 2. The van der Waals surface area contributed by atoms with Crippen molar-refractivity contribution in [3.63, 3.8) is 0 Å². The summed E-state index contributed by atoms with van der Waals surface area (Å²) in [5, 5.41) is 4.93. The lowest BCUT2D eigenvalue weighted by Crippen LogP contribution is -2.40. The summed E-state index contributed by atoms with van der Waals surface area (Å²) >= 11 is 1.34. The molecule has 0 aromatic carbocycles. The Kier molecular flexibility index (Phi) is 5.91. The first-order chi connectivity index (χ1) is 8.99. The highest BCUT2D eigenvalue weighted by atomic mass is 32.1. The maximum atomic E-state index is 11.8. The molecule has 0 spiro atoms. The van der Waals surface area contributed by atoms with Crippen LogP contribution in [-0.2, 0) is 4.79 Å². The van der Waals surface area contributed by atoms with Gasteiger partial charge in [-0.2, -0.15) is 0 Å². The third kappa shape index (κ3) is 4.29. The second-order valence-corrected chi connectivity index (χ2v) is 5.00. The summed E-state index contributed by atoms with van der Waals surface area (Å²) < 4.78 is 0. The molecule has 1 atom stereocenters. The highest BCUT2D eigenvalue weighted by Gasteiger charge is 2.15. The van der Waals surface area contributed by atoms with E-state index in [-0.39, 0.29) is 24.4 Å². The SMILES string of the molecule is CCN(CC)C(=O)CNC(=O)c1csc(C(C)N)n1. The van der Waals surface area contributed by atoms with Crippen molar-refractivity contribution < 1.29 is 9.59 Å². The van der Waals surface area contributed by atoms with Gasteiger partial charge < -0.3 is 16.0 Å². The molecule has 19 heavy (non-hydrogen) atoms. The Morgan fingerprint density at radius 2 is 2.11 bits per heavy atom. The van der Waals surface area contributed by atoms with Crippen molar-refractivity contribution >= 4 is 23.2 Å². The molecular weight excluding hydrogens is 264 g/mol. The molecule has 0 aliphatic heterocycles. The zero-order chi connectivity index (χ0) is 14.4. The fourth-order valence-electron chi connectivity index (χ4n) is 1.54. The Hall–Kier alpha value is -1.47. The largest absolute Gasteiger partial charge is 0.342 e. The van der Waals surface area contributed by atoms with E-state index in [1.165, 1.54) is 11.3 Å². The van der Waals surface area contributed by atoms with E-state index >= 15 is 0 Å². The van der Waals surface area contributed by atoms with Crippen molar-refractivity contribution in [2.75, 3.05) is 19.6 Å². The second-order valence-electron chi connectivity index (χ2n) is 4.11. The maximum Gasteiger partial charge on any atom is 0.271 e. The van der Waals surface area contributed by atoms with E-state index in [2.05, 4.69) is 10.3 Å². The summed E-state index contributed by atoms with van der Waals surface area (Å²) in [7, 11) is 0. The topological polar surface area (TPSA) is 88.3 Å². The third-order valence-corrected chi connectivity index (χ3v) is 3.71. The van der Waals surface area contributed by atoms with Crippen molar-refractivity contribution in [2.45, 2.75) is 26.8 Å². The van der Waals surface area contributed by atoms with Crippen LogP contribution in [0.5, 0.6) is 0 Å². The minimum atomic E-state index is -0.344. The predicted molar refractivity (Wildman–Crippen MR) is 75.0 cm³/mol. The number of nitrogens with zero attached hydrogens (tertiary/aromatic N) is 2. The highest BCUT2D eigenvalue weighted by molar-refractivity contribution is 7.09. The van der Waals surface area contributed by atoms with Gasteiger partial charge in [-0.15, -0.1) is 11.3 Å². The van der Waals surface area contributed by atoms with Gasteiger partial charge in [0.2, 0.25) is 5.91 Å². The van der Waals surface area contributed by atoms with Crippen LogP contribution < -0.4 is 11.1 Å². The Morgan fingerprint density at radius 1 is 1.47 bits per heavy atom. The molecule has 2 amide bonds. The van der Waals surface area contributed by atoms with Crippen LogP contribution in [0, 0.1) is 0 Å². The van der Waals surface area contributed by atoms with Crippen LogP contribution >= 0.6 is 11.3 Å². The average Bonchev–Trinajstić information content (AvgIpc) is 2.87. The smallest absolute Gasteiger partial charge is 0.271 e. The van der Waals surface area contributed by atoms with Crippen LogP contribution in [0.1, 0.15) is 42.3 Å². The number of likely N-dealkylation sites (N-methyl/N-ethyl adjacent to an activating group) is 1. The molecule has 3 N–H and O–H groups in total. The van der Waals surface area contributed by atoms with Crippen LogP contribution in [0.4, 0.5) is 0 Å². The second kappa shape index (κ2) is 7.20. The summed E-state index contributed by atoms with van der Waals surface area (Å²) in [4.78, 5) is 29.3. The van der Waals surface area contributed by atoms with Crippen molar-refractivity contribution in [1.82, 2.24) is 15.2 Å². The summed E-state index contributed by atoms with van der Waals surface area (Å²) in [6.07, 6.45) is 0. The van der Waals surface area contributed by atoms with E-state index in [1.807, 2.05) is 20.8 Å². The third-order valence-electron chi connectivity index (χ3n) is 2.66. The molecular formula is C12H20N4O2S. The van der Waals surface area contributed by atoms with Gasteiger partial charge in [0.05, 0.1) is 12.6 Å². The minimum Gasteiger partial charge on any atom is -0.342 e. The Labute approximate surface area is 117 Å².